The fourth-order valence-corrected chi connectivity index (χ4v) is 2.06. The van der Waals surface area contributed by atoms with Gasteiger partial charge in [-0.3, -0.25) is 4.79 Å². The number of anilines is 1. The predicted octanol–water partition coefficient (Wildman–Crippen LogP) is 4.55. The van der Waals surface area contributed by atoms with Gasteiger partial charge in [0.05, 0.1) is 16.3 Å². The van der Waals surface area contributed by atoms with Crippen LogP contribution in [0.2, 0.25) is 5.02 Å². The van der Waals surface area contributed by atoms with Crippen molar-refractivity contribution in [2.24, 2.45) is 0 Å². The number of benzene rings is 2. The number of ether oxygens (including phenoxy) is 1. The van der Waals surface area contributed by atoms with E-state index in [2.05, 4.69) is 5.32 Å². The highest BCUT2D eigenvalue weighted by Crippen LogP contribution is 2.33. The van der Waals surface area contributed by atoms with Gasteiger partial charge >= 0.3 is 12.1 Å². The number of hydrogen-bond donors (Lipinski definition) is 1. The van der Waals surface area contributed by atoms with Crippen LogP contribution in [0.4, 0.5) is 18.9 Å². The monoisotopic (exact) mass is 383 g/mol. The van der Waals surface area contributed by atoms with E-state index in [1.54, 1.807) is 24.3 Å². The van der Waals surface area contributed by atoms with Crippen LogP contribution in [0.3, 0.4) is 0 Å². The van der Waals surface area contributed by atoms with E-state index in [1.165, 1.54) is 6.08 Å². The predicted molar refractivity (Wildman–Crippen MR) is 91.5 cm³/mol. The van der Waals surface area contributed by atoms with Crippen LogP contribution in [0.25, 0.3) is 6.08 Å². The third kappa shape index (κ3) is 5.93. The number of halogens is 4. The van der Waals surface area contributed by atoms with E-state index >= 15 is 0 Å². The molecule has 0 fully saturated rings. The first-order valence-electron chi connectivity index (χ1n) is 7.32. The normalized spacial score (nSPS) is 11.4. The van der Waals surface area contributed by atoms with Crippen LogP contribution in [-0.4, -0.2) is 18.5 Å². The number of alkyl halides is 3. The van der Waals surface area contributed by atoms with Gasteiger partial charge in [0.15, 0.2) is 6.61 Å². The average molecular weight is 384 g/mol. The molecule has 0 heterocycles. The topological polar surface area (TPSA) is 55.4 Å². The molecule has 1 amide bonds. The first kappa shape index (κ1) is 19.5. The Kier molecular flexibility index (Phi) is 6.41. The highest BCUT2D eigenvalue weighted by Gasteiger charge is 2.31. The number of carbonyl (C=O) groups excluding carboxylic acids is 2. The highest BCUT2D eigenvalue weighted by molar-refractivity contribution is 6.33. The van der Waals surface area contributed by atoms with Gasteiger partial charge in [0, 0.05) is 6.08 Å². The van der Waals surface area contributed by atoms with Gasteiger partial charge in [-0.15, -0.1) is 0 Å². The molecule has 0 aliphatic carbocycles. The lowest BCUT2D eigenvalue weighted by molar-refractivity contribution is -0.142. The maximum atomic E-state index is 12.7. The fourth-order valence-electron chi connectivity index (χ4n) is 1.90. The van der Waals surface area contributed by atoms with Crippen LogP contribution in [0.5, 0.6) is 0 Å². The molecule has 0 bridgehead atoms. The SMILES string of the molecule is O=C(COC(=O)C=Cc1ccccc1)Nc1cc(C(F)(F)F)ccc1Cl. The maximum absolute atomic E-state index is 12.7. The number of hydrogen-bond acceptors (Lipinski definition) is 3. The van der Waals surface area contributed by atoms with E-state index in [1.807, 2.05) is 6.07 Å². The summed E-state index contributed by atoms with van der Waals surface area (Å²) in [7, 11) is 0. The number of nitrogens with one attached hydrogen (secondary N) is 1. The lowest BCUT2D eigenvalue weighted by atomic mass is 10.2. The van der Waals surface area contributed by atoms with Gasteiger partial charge in [0.2, 0.25) is 0 Å². The zero-order valence-corrected chi connectivity index (χ0v) is 14.0. The molecule has 0 spiro atoms. The standard InChI is InChI=1S/C18H13ClF3NO3/c19-14-8-7-13(18(20,21)22)10-15(14)23-16(24)11-26-17(25)9-6-12-4-2-1-3-5-12/h1-10H,11H2,(H,23,24). The summed E-state index contributed by atoms with van der Waals surface area (Å²) in [6, 6.07) is 11.5. The summed E-state index contributed by atoms with van der Waals surface area (Å²) in [5.41, 5.74) is -0.410. The molecule has 26 heavy (non-hydrogen) atoms. The molecule has 0 saturated heterocycles. The van der Waals surface area contributed by atoms with Crippen LogP contribution in [0, 0.1) is 0 Å². The Morgan fingerprint density at radius 1 is 1.12 bits per heavy atom. The van der Waals surface area contributed by atoms with E-state index in [4.69, 9.17) is 16.3 Å². The molecule has 0 atom stereocenters. The van der Waals surface area contributed by atoms with Crippen LogP contribution >= 0.6 is 11.6 Å². The molecular formula is C18H13ClF3NO3. The molecule has 2 aromatic carbocycles. The Balaban J connectivity index is 1.91. The second-order valence-electron chi connectivity index (χ2n) is 5.09. The number of carbonyl (C=O) groups is 2. The van der Waals surface area contributed by atoms with Crippen molar-refractivity contribution in [1.29, 1.82) is 0 Å². The minimum Gasteiger partial charge on any atom is -0.452 e. The van der Waals surface area contributed by atoms with Crippen LogP contribution in [-0.2, 0) is 20.5 Å². The van der Waals surface area contributed by atoms with Crippen molar-refractivity contribution in [3.8, 4) is 0 Å². The van der Waals surface area contributed by atoms with Gasteiger partial charge in [0.1, 0.15) is 0 Å². The third-order valence-electron chi connectivity index (χ3n) is 3.12. The van der Waals surface area contributed by atoms with Gasteiger partial charge < -0.3 is 10.1 Å². The van der Waals surface area contributed by atoms with Gasteiger partial charge in [-0.1, -0.05) is 41.9 Å². The van der Waals surface area contributed by atoms with E-state index in [0.29, 0.717) is 6.07 Å². The van der Waals surface area contributed by atoms with Crippen molar-refractivity contribution < 1.29 is 27.5 Å². The highest BCUT2D eigenvalue weighted by atomic mass is 35.5. The molecule has 136 valence electrons. The molecule has 0 aliphatic rings. The largest absolute Gasteiger partial charge is 0.452 e. The molecule has 1 N–H and O–H groups in total. The Morgan fingerprint density at radius 2 is 1.81 bits per heavy atom. The summed E-state index contributed by atoms with van der Waals surface area (Å²) >= 11 is 5.77. The second kappa shape index (κ2) is 8.53. The number of esters is 1. The molecule has 4 nitrogen and oxygen atoms in total. The van der Waals surface area contributed by atoms with Gasteiger partial charge in [0.25, 0.3) is 5.91 Å². The van der Waals surface area contributed by atoms with Crippen molar-refractivity contribution in [1.82, 2.24) is 0 Å². The quantitative estimate of drug-likeness (QED) is 0.608. The second-order valence-corrected chi connectivity index (χ2v) is 5.50. The van der Waals surface area contributed by atoms with Crippen molar-refractivity contribution in [3.05, 3.63) is 70.8 Å². The van der Waals surface area contributed by atoms with E-state index in [0.717, 1.165) is 23.8 Å². The lowest BCUT2D eigenvalue weighted by Gasteiger charge is -2.11. The lowest BCUT2D eigenvalue weighted by Crippen LogP contribution is -2.20. The van der Waals surface area contributed by atoms with Crippen LogP contribution in [0.1, 0.15) is 11.1 Å². The Bertz CT molecular complexity index is 820. The van der Waals surface area contributed by atoms with Crippen molar-refractivity contribution in [2.75, 3.05) is 11.9 Å². The van der Waals surface area contributed by atoms with Crippen molar-refractivity contribution >= 4 is 35.2 Å². The molecule has 2 rings (SSSR count). The smallest absolute Gasteiger partial charge is 0.416 e. The minimum absolute atomic E-state index is 0.0679. The summed E-state index contributed by atoms with van der Waals surface area (Å²) in [6.45, 7) is -0.662. The van der Waals surface area contributed by atoms with Gasteiger partial charge in [-0.2, -0.15) is 13.2 Å². The molecular weight excluding hydrogens is 371 g/mol. The fraction of sp³-hybridized carbons (Fsp3) is 0.111. The Labute approximate surface area is 152 Å². The van der Waals surface area contributed by atoms with Crippen molar-refractivity contribution in [3.63, 3.8) is 0 Å². The summed E-state index contributed by atoms with van der Waals surface area (Å²) in [4.78, 5) is 23.3. The zero-order chi connectivity index (χ0) is 19.2. The van der Waals surface area contributed by atoms with Crippen LogP contribution < -0.4 is 5.32 Å². The molecule has 2 aromatic rings. The summed E-state index contributed by atoms with van der Waals surface area (Å²) in [5.74, 6) is -1.58. The van der Waals surface area contributed by atoms with E-state index < -0.39 is 30.2 Å². The minimum atomic E-state index is -4.57. The van der Waals surface area contributed by atoms with Gasteiger partial charge in [-0.05, 0) is 29.8 Å². The molecule has 0 unspecified atom stereocenters. The summed E-state index contributed by atoms with van der Waals surface area (Å²) < 4.78 is 42.8. The Hall–Kier alpha value is -2.80. The van der Waals surface area contributed by atoms with E-state index in [-0.39, 0.29) is 10.7 Å². The van der Waals surface area contributed by atoms with Gasteiger partial charge in [-0.25, -0.2) is 4.79 Å². The van der Waals surface area contributed by atoms with E-state index in [9.17, 15) is 22.8 Å². The number of rotatable bonds is 5. The Morgan fingerprint density at radius 3 is 2.46 bits per heavy atom. The maximum Gasteiger partial charge on any atom is 0.416 e. The first-order chi connectivity index (χ1) is 12.3. The van der Waals surface area contributed by atoms with Crippen LogP contribution in [0.15, 0.2) is 54.6 Å². The molecule has 8 heteroatoms. The summed E-state index contributed by atoms with van der Waals surface area (Å²) in [6.07, 6.45) is -1.93. The molecule has 0 saturated carbocycles. The van der Waals surface area contributed by atoms with Crippen molar-refractivity contribution in [2.45, 2.75) is 6.18 Å². The first-order valence-corrected chi connectivity index (χ1v) is 7.70. The zero-order valence-electron chi connectivity index (χ0n) is 13.2. The molecule has 0 aromatic heterocycles. The average Bonchev–Trinajstić information content (AvgIpc) is 2.60. The molecule has 0 radical (unpaired) electrons. The number of amides is 1. The third-order valence-corrected chi connectivity index (χ3v) is 3.45. The molecule has 0 aliphatic heterocycles. The summed E-state index contributed by atoms with van der Waals surface area (Å²) in [5, 5.41) is 2.11.